The van der Waals surface area contributed by atoms with Gasteiger partial charge < -0.3 is 19.7 Å². The van der Waals surface area contributed by atoms with Gasteiger partial charge in [0.15, 0.2) is 0 Å². The summed E-state index contributed by atoms with van der Waals surface area (Å²) in [7, 11) is 4.56. The topological polar surface area (TPSA) is 67.9 Å². The van der Waals surface area contributed by atoms with Crippen molar-refractivity contribution >= 4 is 29.1 Å². The van der Waals surface area contributed by atoms with Crippen LogP contribution in [0.15, 0.2) is 42.5 Å². The molecule has 0 saturated carbocycles. The molecule has 0 radical (unpaired) electrons. The second-order valence-electron chi connectivity index (χ2n) is 5.32. The average Bonchev–Trinajstić information content (AvgIpc) is 2.62. The van der Waals surface area contributed by atoms with Gasteiger partial charge in [-0.3, -0.25) is 9.59 Å². The molecule has 7 heteroatoms. The fraction of sp³-hybridized carbons (Fsp3) is 0.222. The molecule has 2 amide bonds. The molecule has 0 heterocycles. The molecule has 0 aliphatic heterocycles. The van der Waals surface area contributed by atoms with Crippen LogP contribution < -0.4 is 14.8 Å². The van der Waals surface area contributed by atoms with Crippen LogP contribution in [0.25, 0.3) is 0 Å². The highest BCUT2D eigenvalue weighted by Crippen LogP contribution is 2.23. The normalized spacial score (nSPS) is 10.1. The summed E-state index contributed by atoms with van der Waals surface area (Å²) in [6, 6.07) is 11.6. The molecule has 0 saturated heterocycles. The number of ether oxygens (including phenoxy) is 2. The summed E-state index contributed by atoms with van der Waals surface area (Å²) in [5, 5.41) is 3.29. The van der Waals surface area contributed by atoms with E-state index in [9.17, 15) is 9.59 Å². The van der Waals surface area contributed by atoms with E-state index in [0.29, 0.717) is 27.8 Å². The Morgan fingerprint density at radius 3 is 2.12 bits per heavy atom. The SMILES string of the molecule is COc1cc(OC)cc(C(=O)N(C)CC(=O)Nc2ccc(Cl)cc2)c1. The van der Waals surface area contributed by atoms with Gasteiger partial charge in [-0.1, -0.05) is 11.6 Å². The Morgan fingerprint density at radius 2 is 1.60 bits per heavy atom. The Hall–Kier alpha value is -2.73. The summed E-state index contributed by atoms with van der Waals surface area (Å²) >= 11 is 5.81. The minimum absolute atomic E-state index is 0.0962. The maximum absolute atomic E-state index is 12.5. The van der Waals surface area contributed by atoms with Crippen LogP contribution in [0.4, 0.5) is 5.69 Å². The van der Waals surface area contributed by atoms with Gasteiger partial charge >= 0.3 is 0 Å². The standard InChI is InChI=1S/C18H19ClN2O4/c1-21(11-17(22)20-14-6-4-13(19)5-7-14)18(23)12-8-15(24-2)10-16(9-12)25-3/h4-10H,11H2,1-3H3,(H,20,22). The molecule has 0 spiro atoms. The number of nitrogens with one attached hydrogen (secondary N) is 1. The van der Waals surface area contributed by atoms with Gasteiger partial charge in [-0.2, -0.15) is 0 Å². The zero-order chi connectivity index (χ0) is 18.4. The summed E-state index contributed by atoms with van der Waals surface area (Å²) in [6.45, 7) is -0.0962. The number of carbonyl (C=O) groups is 2. The summed E-state index contributed by atoms with van der Waals surface area (Å²) in [6.07, 6.45) is 0. The average molecular weight is 363 g/mol. The van der Waals surface area contributed by atoms with E-state index in [1.54, 1.807) is 49.5 Å². The lowest BCUT2D eigenvalue weighted by atomic mass is 10.1. The number of benzene rings is 2. The third-order valence-electron chi connectivity index (χ3n) is 3.45. The van der Waals surface area contributed by atoms with Crippen molar-refractivity contribution in [2.24, 2.45) is 0 Å². The van der Waals surface area contributed by atoms with Crippen LogP contribution in [0, 0.1) is 0 Å². The van der Waals surface area contributed by atoms with Crippen molar-refractivity contribution in [2.45, 2.75) is 0 Å². The third kappa shape index (κ3) is 5.12. The predicted octanol–water partition coefficient (Wildman–Crippen LogP) is 3.07. The minimum Gasteiger partial charge on any atom is -0.497 e. The number of anilines is 1. The first-order valence-electron chi connectivity index (χ1n) is 7.47. The summed E-state index contributed by atoms with van der Waals surface area (Å²) in [5.74, 6) is 0.375. The molecule has 0 bridgehead atoms. The first-order chi connectivity index (χ1) is 11.9. The van der Waals surface area contributed by atoms with Crippen molar-refractivity contribution in [3.63, 3.8) is 0 Å². The molecule has 0 unspecified atom stereocenters. The monoisotopic (exact) mass is 362 g/mol. The molecule has 0 fully saturated rings. The molecule has 0 aliphatic rings. The van der Waals surface area contributed by atoms with Gasteiger partial charge in [0, 0.05) is 29.4 Å². The van der Waals surface area contributed by atoms with Crippen molar-refractivity contribution in [2.75, 3.05) is 33.1 Å². The van der Waals surface area contributed by atoms with E-state index in [2.05, 4.69) is 5.32 Å². The Kier molecular flexibility index (Phi) is 6.25. The molecule has 0 atom stereocenters. The Labute approximate surface area is 151 Å². The van der Waals surface area contributed by atoms with Gasteiger partial charge in [-0.05, 0) is 36.4 Å². The molecule has 2 rings (SSSR count). The molecular weight excluding hydrogens is 344 g/mol. The van der Waals surface area contributed by atoms with Crippen molar-refractivity contribution in [1.82, 2.24) is 4.90 Å². The van der Waals surface area contributed by atoms with Gasteiger partial charge in [0.2, 0.25) is 5.91 Å². The molecule has 6 nitrogen and oxygen atoms in total. The zero-order valence-electron chi connectivity index (χ0n) is 14.2. The second-order valence-corrected chi connectivity index (χ2v) is 5.75. The molecule has 0 aliphatic carbocycles. The highest BCUT2D eigenvalue weighted by atomic mass is 35.5. The van der Waals surface area contributed by atoms with E-state index in [-0.39, 0.29) is 18.4 Å². The van der Waals surface area contributed by atoms with E-state index in [4.69, 9.17) is 21.1 Å². The molecule has 0 aromatic heterocycles. The van der Waals surface area contributed by atoms with Gasteiger partial charge in [-0.25, -0.2) is 0 Å². The maximum atomic E-state index is 12.5. The van der Waals surface area contributed by atoms with Crippen LogP contribution in [-0.4, -0.2) is 44.5 Å². The van der Waals surface area contributed by atoms with E-state index < -0.39 is 0 Å². The molecule has 2 aromatic carbocycles. The number of hydrogen-bond donors (Lipinski definition) is 1. The van der Waals surface area contributed by atoms with Crippen LogP contribution in [0.3, 0.4) is 0 Å². The number of likely N-dealkylation sites (N-methyl/N-ethyl adjacent to an activating group) is 1. The van der Waals surface area contributed by atoms with Crippen LogP contribution in [0.2, 0.25) is 5.02 Å². The van der Waals surface area contributed by atoms with Gasteiger partial charge in [0.1, 0.15) is 11.5 Å². The quantitative estimate of drug-likeness (QED) is 0.857. The van der Waals surface area contributed by atoms with Crippen LogP contribution in [0.1, 0.15) is 10.4 Å². The molecule has 132 valence electrons. The van der Waals surface area contributed by atoms with Gasteiger partial charge in [-0.15, -0.1) is 0 Å². The van der Waals surface area contributed by atoms with Crippen molar-refractivity contribution < 1.29 is 19.1 Å². The fourth-order valence-electron chi connectivity index (χ4n) is 2.17. The Morgan fingerprint density at radius 1 is 1.04 bits per heavy atom. The Bertz CT molecular complexity index is 740. The smallest absolute Gasteiger partial charge is 0.254 e. The molecular formula is C18H19ClN2O4. The largest absolute Gasteiger partial charge is 0.497 e. The number of rotatable bonds is 6. The van der Waals surface area contributed by atoms with Crippen molar-refractivity contribution in [1.29, 1.82) is 0 Å². The number of nitrogens with zero attached hydrogens (tertiary/aromatic N) is 1. The molecule has 25 heavy (non-hydrogen) atoms. The number of halogens is 1. The van der Waals surface area contributed by atoms with Crippen LogP contribution in [0.5, 0.6) is 11.5 Å². The lowest BCUT2D eigenvalue weighted by Gasteiger charge is -2.18. The Balaban J connectivity index is 2.04. The maximum Gasteiger partial charge on any atom is 0.254 e. The lowest BCUT2D eigenvalue weighted by Crippen LogP contribution is -2.34. The van der Waals surface area contributed by atoms with Crippen LogP contribution in [-0.2, 0) is 4.79 Å². The molecule has 1 N–H and O–H groups in total. The number of carbonyl (C=O) groups excluding carboxylic acids is 2. The predicted molar refractivity (Wildman–Crippen MR) is 96.6 cm³/mol. The third-order valence-corrected chi connectivity index (χ3v) is 3.71. The van der Waals surface area contributed by atoms with Crippen molar-refractivity contribution in [3.8, 4) is 11.5 Å². The molecule has 2 aromatic rings. The van der Waals surface area contributed by atoms with Crippen LogP contribution >= 0.6 is 11.6 Å². The zero-order valence-corrected chi connectivity index (χ0v) is 15.0. The van der Waals surface area contributed by atoms with E-state index in [1.807, 2.05) is 0 Å². The highest BCUT2D eigenvalue weighted by molar-refractivity contribution is 6.30. The van der Waals surface area contributed by atoms with Gasteiger partial charge in [0.05, 0.1) is 20.8 Å². The van der Waals surface area contributed by atoms with Gasteiger partial charge in [0.25, 0.3) is 5.91 Å². The van der Waals surface area contributed by atoms with E-state index >= 15 is 0 Å². The second kappa shape index (κ2) is 8.39. The lowest BCUT2D eigenvalue weighted by molar-refractivity contribution is -0.116. The van der Waals surface area contributed by atoms with E-state index in [0.717, 1.165) is 0 Å². The first-order valence-corrected chi connectivity index (χ1v) is 7.84. The minimum atomic E-state index is -0.316. The van der Waals surface area contributed by atoms with E-state index in [1.165, 1.54) is 19.1 Å². The number of amides is 2. The number of methoxy groups -OCH3 is 2. The number of hydrogen-bond acceptors (Lipinski definition) is 4. The summed E-state index contributed by atoms with van der Waals surface area (Å²) < 4.78 is 10.3. The summed E-state index contributed by atoms with van der Waals surface area (Å²) in [5.41, 5.74) is 0.983. The summed E-state index contributed by atoms with van der Waals surface area (Å²) in [4.78, 5) is 26.0. The fourth-order valence-corrected chi connectivity index (χ4v) is 2.30. The van der Waals surface area contributed by atoms with Crippen molar-refractivity contribution in [3.05, 3.63) is 53.1 Å². The first kappa shape index (κ1) is 18.6. The highest BCUT2D eigenvalue weighted by Gasteiger charge is 2.17.